The molecule has 24 heavy (non-hydrogen) atoms. The highest BCUT2D eigenvalue weighted by atomic mass is 35.5. The van der Waals surface area contributed by atoms with E-state index in [9.17, 15) is 9.59 Å². The number of amides is 1. The Labute approximate surface area is 145 Å². The van der Waals surface area contributed by atoms with Crippen molar-refractivity contribution in [2.45, 2.75) is 24.4 Å². The van der Waals surface area contributed by atoms with E-state index >= 15 is 0 Å². The normalized spacial score (nSPS) is 23.7. The molecule has 2 fully saturated rings. The minimum atomic E-state index is -1.05. The van der Waals surface area contributed by atoms with E-state index in [1.54, 1.807) is 11.0 Å². The zero-order chi connectivity index (χ0) is 17.2. The van der Waals surface area contributed by atoms with Gasteiger partial charge in [-0.3, -0.25) is 4.79 Å². The molecule has 2 aliphatic heterocycles. The monoisotopic (exact) mass is 353 g/mol. The highest BCUT2D eigenvalue weighted by molar-refractivity contribution is 6.31. The Bertz CT molecular complexity index is 629. The second-order valence-corrected chi connectivity index (χ2v) is 6.53. The molecule has 2 heterocycles. The summed E-state index contributed by atoms with van der Waals surface area (Å²) in [5.41, 5.74) is 0.0232. The molecule has 1 N–H and O–H groups in total. The summed E-state index contributed by atoms with van der Waals surface area (Å²) in [5.74, 6) is -1.14. The second kappa shape index (κ2) is 7.09. The summed E-state index contributed by atoms with van der Waals surface area (Å²) in [7, 11) is 0. The van der Waals surface area contributed by atoms with Crippen molar-refractivity contribution < 1.29 is 24.2 Å². The molecule has 0 spiro atoms. The highest BCUT2D eigenvalue weighted by Gasteiger charge is 2.46. The summed E-state index contributed by atoms with van der Waals surface area (Å²) in [6.45, 7) is 1.61. The average Bonchev–Trinajstić information content (AvgIpc) is 2.62. The second-order valence-electron chi connectivity index (χ2n) is 6.12. The number of carbonyl (C=O) groups is 2. The lowest BCUT2D eigenvalue weighted by atomic mass is 9.72. The SMILES string of the molecule is O=C(O)[C@H]1CN(C(=O)C2(c3ccccc3Cl)CCOCC2)CCO1. The molecule has 6 nitrogen and oxygen atoms in total. The summed E-state index contributed by atoms with van der Waals surface area (Å²) in [6, 6.07) is 7.35. The van der Waals surface area contributed by atoms with E-state index in [0.29, 0.717) is 37.6 Å². The Hall–Kier alpha value is -1.63. The van der Waals surface area contributed by atoms with Gasteiger partial charge >= 0.3 is 5.97 Å². The molecule has 2 aliphatic rings. The molecule has 1 aromatic rings. The summed E-state index contributed by atoms with van der Waals surface area (Å²) in [6.07, 6.45) is 0.0841. The third-order valence-corrected chi connectivity index (χ3v) is 5.10. The Morgan fingerprint density at radius 1 is 1.21 bits per heavy atom. The van der Waals surface area contributed by atoms with Gasteiger partial charge in [0.15, 0.2) is 6.10 Å². The molecule has 0 aromatic heterocycles. The van der Waals surface area contributed by atoms with Crippen LogP contribution in [0.3, 0.4) is 0 Å². The molecular weight excluding hydrogens is 334 g/mol. The fourth-order valence-electron chi connectivity index (χ4n) is 3.45. The molecule has 3 rings (SSSR count). The lowest BCUT2D eigenvalue weighted by Gasteiger charge is -2.42. The quantitative estimate of drug-likeness (QED) is 0.895. The number of benzene rings is 1. The number of morpholine rings is 1. The van der Waals surface area contributed by atoms with E-state index in [1.807, 2.05) is 18.2 Å². The summed E-state index contributed by atoms with van der Waals surface area (Å²) >= 11 is 6.38. The molecular formula is C17H20ClNO5. The van der Waals surface area contributed by atoms with Crippen LogP contribution in [-0.4, -0.2) is 60.9 Å². The largest absolute Gasteiger partial charge is 0.479 e. The van der Waals surface area contributed by atoms with Gasteiger partial charge in [-0.05, 0) is 24.5 Å². The first kappa shape index (κ1) is 17.2. The number of carboxylic acid groups (broad SMARTS) is 1. The van der Waals surface area contributed by atoms with Gasteiger partial charge in [-0.15, -0.1) is 0 Å². The third kappa shape index (κ3) is 3.14. The summed E-state index contributed by atoms with van der Waals surface area (Å²) in [5, 5.41) is 9.72. The van der Waals surface area contributed by atoms with Crippen LogP contribution in [0.1, 0.15) is 18.4 Å². The van der Waals surface area contributed by atoms with Crippen molar-refractivity contribution in [1.29, 1.82) is 0 Å². The van der Waals surface area contributed by atoms with Crippen molar-refractivity contribution in [2.75, 3.05) is 32.9 Å². The zero-order valence-corrected chi connectivity index (χ0v) is 14.0. The fraction of sp³-hybridized carbons (Fsp3) is 0.529. The maximum absolute atomic E-state index is 13.4. The van der Waals surface area contributed by atoms with Gasteiger partial charge in [0, 0.05) is 24.8 Å². The van der Waals surface area contributed by atoms with Crippen molar-refractivity contribution in [3.8, 4) is 0 Å². The molecule has 0 aliphatic carbocycles. The van der Waals surface area contributed by atoms with Crippen LogP contribution in [-0.2, 0) is 24.5 Å². The van der Waals surface area contributed by atoms with Crippen LogP contribution in [0.5, 0.6) is 0 Å². The van der Waals surface area contributed by atoms with Gasteiger partial charge < -0.3 is 19.5 Å². The van der Waals surface area contributed by atoms with Crippen molar-refractivity contribution in [2.24, 2.45) is 0 Å². The number of carbonyl (C=O) groups excluding carboxylic acids is 1. The van der Waals surface area contributed by atoms with E-state index in [-0.39, 0.29) is 19.1 Å². The van der Waals surface area contributed by atoms with Gasteiger partial charge in [-0.1, -0.05) is 29.8 Å². The van der Waals surface area contributed by atoms with Gasteiger partial charge in [0.25, 0.3) is 0 Å². The Kier molecular flexibility index (Phi) is 5.08. The first-order chi connectivity index (χ1) is 11.5. The highest BCUT2D eigenvalue weighted by Crippen LogP contribution is 2.40. The number of ether oxygens (including phenoxy) is 2. The van der Waals surface area contributed by atoms with E-state index in [0.717, 1.165) is 5.56 Å². The van der Waals surface area contributed by atoms with Crippen LogP contribution in [0.4, 0.5) is 0 Å². The molecule has 130 valence electrons. The predicted molar refractivity (Wildman–Crippen MR) is 87.1 cm³/mol. The molecule has 0 bridgehead atoms. The summed E-state index contributed by atoms with van der Waals surface area (Å²) < 4.78 is 10.7. The lowest BCUT2D eigenvalue weighted by Crippen LogP contribution is -2.56. The summed E-state index contributed by atoms with van der Waals surface area (Å²) in [4.78, 5) is 26.2. The van der Waals surface area contributed by atoms with E-state index in [2.05, 4.69) is 0 Å². The standard InChI is InChI=1S/C17H20ClNO5/c18-13-4-2-1-3-12(13)17(5-8-23-9-6-17)16(22)19-7-10-24-14(11-19)15(20)21/h1-4,14H,5-11H2,(H,20,21)/t14-/m1/s1. The minimum absolute atomic E-state index is 0.0568. The van der Waals surface area contributed by atoms with E-state index in [1.165, 1.54) is 0 Å². The van der Waals surface area contributed by atoms with Crippen molar-refractivity contribution >= 4 is 23.5 Å². The van der Waals surface area contributed by atoms with Crippen LogP contribution in [0.15, 0.2) is 24.3 Å². The molecule has 2 saturated heterocycles. The number of rotatable bonds is 3. The topological polar surface area (TPSA) is 76.1 Å². The molecule has 0 radical (unpaired) electrons. The van der Waals surface area contributed by atoms with Gasteiger partial charge in [-0.2, -0.15) is 0 Å². The molecule has 1 aromatic carbocycles. The van der Waals surface area contributed by atoms with Crippen molar-refractivity contribution in [1.82, 2.24) is 4.90 Å². The van der Waals surface area contributed by atoms with Crippen LogP contribution < -0.4 is 0 Å². The zero-order valence-electron chi connectivity index (χ0n) is 13.2. The number of hydrogen-bond acceptors (Lipinski definition) is 4. The van der Waals surface area contributed by atoms with Crippen LogP contribution in [0.2, 0.25) is 5.02 Å². The molecule has 1 atom stereocenters. The third-order valence-electron chi connectivity index (χ3n) is 4.77. The van der Waals surface area contributed by atoms with Crippen LogP contribution in [0.25, 0.3) is 0 Å². The molecule has 1 amide bonds. The minimum Gasteiger partial charge on any atom is -0.479 e. The molecule has 7 heteroatoms. The Balaban J connectivity index is 1.93. The number of nitrogens with zero attached hydrogens (tertiary/aromatic N) is 1. The van der Waals surface area contributed by atoms with Gasteiger partial charge in [-0.25, -0.2) is 4.79 Å². The predicted octanol–water partition coefficient (Wildman–Crippen LogP) is 1.70. The molecule has 0 saturated carbocycles. The molecule has 0 unspecified atom stereocenters. The van der Waals surface area contributed by atoms with Gasteiger partial charge in [0.05, 0.1) is 18.6 Å². The average molecular weight is 354 g/mol. The fourth-order valence-corrected chi connectivity index (χ4v) is 3.77. The van der Waals surface area contributed by atoms with Gasteiger partial charge in [0.1, 0.15) is 0 Å². The van der Waals surface area contributed by atoms with E-state index in [4.69, 9.17) is 26.2 Å². The first-order valence-corrected chi connectivity index (χ1v) is 8.39. The first-order valence-electron chi connectivity index (χ1n) is 8.01. The van der Waals surface area contributed by atoms with Crippen molar-refractivity contribution in [3.63, 3.8) is 0 Å². The smallest absolute Gasteiger partial charge is 0.334 e. The Morgan fingerprint density at radius 2 is 1.92 bits per heavy atom. The lowest BCUT2D eigenvalue weighted by molar-refractivity contribution is -0.162. The number of carboxylic acids is 1. The number of halogens is 1. The van der Waals surface area contributed by atoms with Gasteiger partial charge in [0.2, 0.25) is 5.91 Å². The van der Waals surface area contributed by atoms with Crippen LogP contribution in [0, 0.1) is 0 Å². The van der Waals surface area contributed by atoms with Crippen LogP contribution >= 0.6 is 11.6 Å². The number of hydrogen-bond donors (Lipinski definition) is 1. The maximum atomic E-state index is 13.4. The maximum Gasteiger partial charge on any atom is 0.334 e. The van der Waals surface area contributed by atoms with Crippen molar-refractivity contribution in [3.05, 3.63) is 34.9 Å². The number of aliphatic carboxylic acids is 1. The van der Waals surface area contributed by atoms with E-state index < -0.39 is 17.5 Å². The Morgan fingerprint density at radius 3 is 2.58 bits per heavy atom.